The van der Waals surface area contributed by atoms with Crippen molar-refractivity contribution < 1.29 is 9.53 Å². The number of aromatic nitrogens is 2. The monoisotopic (exact) mass is 387 g/mol. The van der Waals surface area contributed by atoms with Crippen molar-refractivity contribution in [1.82, 2.24) is 14.5 Å². The van der Waals surface area contributed by atoms with Crippen LogP contribution < -0.4 is 0 Å². The average molecular weight is 388 g/mol. The minimum atomic E-state index is -0.158. The van der Waals surface area contributed by atoms with Crippen LogP contribution in [-0.4, -0.2) is 52.4 Å². The molecule has 0 unspecified atom stereocenters. The van der Waals surface area contributed by atoms with Crippen LogP contribution in [0.2, 0.25) is 0 Å². The fourth-order valence-corrected chi connectivity index (χ4v) is 4.52. The van der Waals surface area contributed by atoms with Gasteiger partial charge in [-0.2, -0.15) is 0 Å². The molecule has 0 saturated carbocycles. The van der Waals surface area contributed by atoms with Gasteiger partial charge in [-0.25, -0.2) is 4.98 Å². The van der Waals surface area contributed by atoms with Gasteiger partial charge in [0, 0.05) is 20.7 Å². The number of nitrogens with zero attached hydrogens (tertiary/aromatic N) is 3. The predicted molar refractivity (Wildman–Crippen MR) is 110 cm³/mol. The third-order valence-corrected chi connectivity index (χ3v) is 6.36. The maximum Gasteiger partial charge on any atom is 0.235 e. The van der Waals surface area contributed by atoms with Gasteiger partial charge >= 0.3 is 0 Å². The Kier molecular flexibility index (Phi) is 6.60. The van der Waals surface area contributed by atoms with E-state index >= 15 is 0 Å². The summed E-state index contributed by atoms with van der Waals surface area (Å²) in [7, 11) is 3.62. The number of hydrogen-bond acceptors (Lipinski definition) is 4. The lowest BCUT2D eigenvalue weighted by atomic mass is 10.1. The smallest absolute Gasteiger partial charge is 0.235 e. The zero-order valence-corrected chi connectivity index (χ0v) is 17.4. The van der Waals surface area contributed by atoms with Crippen LogP contribution in [0.25, 0.3) is 11.3 Å². The van der Waals surface area contributed by atoms with Gasteiger partial charge in [0.1, 0.15) is 0 Å². The Hall–Kier alpha value is -1.79. The van der Waals surface area contributed by atoms with E-state index in [4.69, 9.17) is 9.72 Å². The second-order valence-corrected chi connectivity index (χ2v) is 8.66. The lowest BCUT2D eigenvalue weighted by Gasteiger charge is -2.24. The number of carbonyl (C=O) groups excluding carboxylic acids is 1. The maximum absolute atomic E-state index is 12.7. The normalized spacial score (nSPS) is 18.0. The second-order valence-electron chi connectivity index (χ2n) is 7.55. The fourth-order valence-electron chi connectivity index (χ4n) is 3.30. The minimum Gasteiger partial charge on any atom is -0.376 e. The molecular formula is C21H29N3O2S. The van der Waals surface area contributed by atoms with Gasteiger partial charge in [-0.15, -0.1) is 0 Å². The molecule has 146 valence electrons. The Morgan fingerprint density at radius 1 is 1.33 bits per heavy atom. The highest BCUT2D eigenvalue weighted by atomic mass is 32.2. The Labute approximate surface area is 166 Å². The highest BCUT2D eigenvalue weighted by Crippen LogP contribution is 2.33. The standard InChI is InChI=1S/C21H29N3O2S/c1-15(2)19(20(25)23(3)4)27-21-22-13-18(16-9-6-5-7-10-16)24(21)14-17-11-8-12-26-17/h5-7,9-10,13,15,17,19H,8,11-12,14H2,1-4H3/t17-,19+/m0/s1. The van der Waals surface area contributed by atoms with E-state index in [-0.39, 0.29) is 23.2 Å². The fraction of sp³-hybridized carbons (Fsp3) is 0.524. The van der Waals surface area contributed by atoms with Crippen molar-refractivity contribution in [3.05, 3.63) is 36.5 Å². The average Bonchev–Trinajstić information content (AvgIpc) is 3.30. The maximum atomic E-state index is 12.7. The summed E-state index contributed by atoms with van der Waals surface area (Å²) in [6.45, 7) is 5.78. The Balaban J connectivity index is 1.93. The van der Waals surface area contributed by atoms with E-state index in [0.29, 0.717) is 0 Å². The summed E-state index contributed by atoms with van der Waals surface area (Å²) in [5.41, 5.74) is 2.21. The summed E-state index contributed by atoms with van der Waals surface area (Å²) in [6.07, 6.45) is 4.31. The van der Waals surface area contributed by atoms with Crippen LogP contribution in [0, 0.1) is 5.92 Å². The van der Waals surface area contributed by atoms with Crippen molar-refractivity contribution in [2.75, 3.05) is 20.7 Å². The van der Waals surface area contributed by atoms with Crippen molar-refractivity contribution >= 4 is 17.7 Å². The van der Waals surface area contributed by atoms with Crippen LogP contribution in [0.4, 0.5) is 0 Å². The molecule has 2 heterocycles. The SMILES string of the molecule is CC(C)[C@@H](Sc1ncc(-c2ccccc2)n1C[C@@H]1CCCO1)C(=O)N(C)C. The third kappa shape index (κ3) is 4.74. The van der Waals surface area contributed by atoms with E-state index in [2.05, 4.69) is 30.5 Å². The van der Waals surface area contributed by atoms with Crippen LogP contribution in [0.5, 0.6) is 0 Å². The molecule has 1 aliphatic heterocycles. The van der Waals surface area contributed by atoms with Crippen molar-refractivity contribution in [2.45, 2.75) is 49.7 Å². The molecule has 1 aliphatic rings. The number of amides is 1. The number of carbonyl (C=O) groups is 1. The van der Waals surface area contributed by atoms with E-state index in [1.165, 1.54) is 0 Å². The van der Waals surface area contributed by atoms with Gasteiger partial charge in [0.2, 0.25) is 5.91 Å². The summed E-state index contributed by atoms with van der Waals surface area (Å²) < 4.78 is 8.11. The highest BCUT2D eigenvalue weighted by molar-refractivity contribution is 8.00. The molecule has 1 saturated heterocycles. The highest BCUT2D eigenvalue weighted by Gasteiger charge is 2.28. The van der Waals surface area contributed by atoms with Crippen molar-refractivity contribution in [3.63, 3.8) is 0 Å². The summed E-state index contributed by atoms with van der Waals surface area (Å²) in [4.78, 5) is 19.0. The first-order valence-electron chi connectivity index (χ1n) is 9.57. The molecule has 3 rings (SSSR count). The molecule has 1 amide bonds. The molecule has 0 bridgehead atoms. The largest absolute Gasteiger partial charge is 0.376 e. The molecule has 5 nitrogen and oxygen atoms in total. The van der Waals surface area contributed by atoms with Gasteiger partial charge in [-0.05, 0) is 24.3 Å². The lowest BCUT2D eigenvalue weighted by Crippen LogP contribution is -2.35. The predicted octanol–water partition coefficient (Wildman–Crippen LogP) is 3.93. The first kappa shape index (κ1) is 20.0. The zero-order valence-electron chi connectivity index (χ0n) is 16.6. The van der Waals surface area contributed by atoms with E-state index < -0.39 is 0 Å². The summed E-state index contributed by atoms with van der Waals surface area (Å²) in [5, 5.41) is 0.729. The molecule has 0 spiro atoms. The first-order chi connectivity index (χ1) is 13.0. The Morgan fingerprint density at radius 3 is 2.67 bits per heavy atom. The quantitative estimate of drug-likeness (QED) is 0.675. The van der Waals surface area contributed by atoms with E-state index in [0.717, 1.165) is 42.4 Å². The third-order valence-electron chi connectivity index (χ3n) is 4.82. The van der Waals surface area contributed by atoms with Gasteiger partial charge < -0.3 is 14.2 Å². The first-order valence-corrected chi connectivity index (χ1v) is 10.5. The van der Waals surface area contributed by atoms with Gasteiger partial charge in [-0.1, -0.05) is 55.9 Å². The summed E-state index contributed by atoms with van der Waals surface area (Å²) in [6, 6.07) is 10.3. The molecule has 2 atom stereocenters. The number of rotatable bonds is 7. The summed E-state index contributed by atoms with van der Waals surface area (Å²) in [5.74, 6) is 0.348. The van der Waals surface area contributed by atoms with Crippen LogP contribution >= 0.6 is 11.8 Å². The number of thioether (sulfide) groups is 1. The van der Waals surface area contributed by atoms with Gasteiger partial charge in [0.15, 0.2) is 5.16 Å². The molecule has 27 heavy (non-hydrogen) atoms. The second kappa shape index (κ2) is 8.93. The van der Waals surface area contributed by atoms with E-state index in [1.54, 1.807) is 16.7 Å². The van der Waals surface area contributed by atoms with Gasteiger partial charge in [0.25, 0.3) is 0 Å². The molecule has 0 radical (unpaired) electrons. The molecule has 0 aliphatic carbocycles. The Bertz CT molecular complexity index is 752. The molecular weight excluding hydrogens is 358 g/mol. The number of benzene rings is 1. The van der Waals surface area contributed by atoms with Crippen LogP contribution in [0.3, 0.4) is 0 Å². The number of ether oxygens (including phenoxy) is 1. The van der Waals surface area contributed by atoms with Crippen LogP contribution in [0.1, 0.15) is 26.7 Å². The molecule has 1 aromatic carbocycles. The van der Waals surface area contributed by atoms with Crippen molar-refractivity contribution in [3.8, 4) is 11.3 Å². The van der Waals surface area contributed by atoms with Crippen molar-refractivity contribution in [2.24, 2.45) is 5.92 Å². The topological polar surface area (TPSA) is 47.4 Å². The molecule has 6 heteroatoms. The number of imidazole rings is 1. The summed E-state index contributed by atoms with van der Waals surface area (Å²) >= 11 is 1.56. The molecule has 2 aromatic rings. The van der Waals surface area contributed by atoms with E-state index in [1.807, 2.05) is 38.5 Å². The van der Waals surface area contributed by atoms with Crippen LogP contribution in [0.15, 0.2) is 41.7 Å². The minimum absolute atomic E-state index is 0.128. The number of hydrogen-bond donors (Lipinski definition) is 0. The zero-order chi connectivity index (χ0) is 19.4. The van der Waals surface area contributed by atoms with E-state index in [9.17, 15) is 4.79 Å². The molecule has 1 fully saturated rings. The van der Waals surface area contributed by atoms with Gasteiger partial charge in [-0.3, -0.25) is 4.79 Å². The molecule has 1 aromatic heterocycles. The van der Waals surface area contributed by atoms with Crippen LogP contribution in [-0.2, 0) is 16.1 Å². The lowest BCUT2D eigenvalue weighted by molar-refractivity contribution is -0.128. The Morgan fingerprint density at radius 2 is 2.07 bits per heavy atom. The molecule has 0 N–H and O–H groups in total. The van der Waals surface area contributed by atoms with Gasteiger partial charge in [0.05, 0.1) is 29.8 Å². The van der Waals surface area contributed by atoms with Crippen molar-refractivity contribution in [1.29, 1.82) is 0 Å².